The summed E-state index contributed by atoms with van der Waals surface area (Å²) in [6.07, 6.45) is 2.17. The molecular formula is C11H16F2O3. The summed E-state index contributed by atoms with van der Waals surface area (Å²) < 4.78 is 37.2. The van der Waals surface area contributed by atoms with Crippen molar-refractivity contribution in [2.45, 2.75) is 31.6 Å². The summed E-state index contributed by atoms with van der Waals surface area (Å²) in [5.41, 5.74) is -1.65. The predicted octanol–water partition coefficient (Wildman–Crippen LogP) is 2.00. The van der Waals surface area contributed by atoms with Gasteiger partial charge in [-0.2, -0.15) is 0 Å². The zero-order valence-corrected chi connectivity index (χ0v) is 9.30. The molecular weight excluding hydrogens is 218 g/mol. The summed E-state index contributed by atoms with van der Waals surface area (Å²) in [6.45, 7) is -0.466. The van der Waals surface area contributed by atoms with Gasteiger partial charge in [-0.3, -0.25) is 4.79 Å². The zero-order chi connectivity index (χ0) is 11.8. The SMILES string of the molecule is COC(=O)C1(CC2CC2)CCOCC1(F)F. The van der Waals surface area contributed by atoms with E-state index in [0.29, 0.717) is 0 Å². The minimum atomic E-state index is -3.11. The third kappa shape index (κ3) is 1.81. The van der Waals surface area contributed by atoms with Gasteiger partial charge in [0.05, 0.1) is 7.11 Å². The van der Waals surface area contributed by atoms with Crippen LogP contribution in [0.4, 0.5) is 8.78 Å². The number of esters is 1. The quantitative estimate of drug-likeness (QED) is 0.701. The molecule has 92 valence electrons. The van der Waals surface area contributed by atoms with Crippen LogP contribution in [0.1, 0.15) is 25.7 Å². The molecule has 0 spiro atoms. The summed E-state index contributed by atoms with van der Waals surface area (Å²) in [6, 6.07) is 0. The van der Waals surface area contributed by atoms with Crippen molar-refractivity contribution >= 4 is 5.97 Å². The molecule has 1 aliphatic heterocycles. The van der Waals surface area contributed by atoms with Gasteiger partial charge in [0.1, 0.15) is 12.0 Å². The minimum Gasteiger partial charge on any atom is -0.468 e. The standard InChI is InChI=1S/C11H16F2O3/c1-15-9(14)10(6-8-2-3-8)4-5-16-7-11(10,12)13/h8H,2-7H2,1H3. The van der Waals surface area contributed by atoms with Crippen LogP contribution in [0.15, 0.2) is 0 Å². The lowest BCUT2D eigenvalue weighted by Crippen LogP contribution is -2.54. The predicted molar refractivity (Wildman–Crippen MR) is 52.2 cm³/mol. The Balaban J connectivity index is 2.25. The molecule has 1 heterocycles. The molecule has 0 aromatic carbocycles. The van der Waals surface area contributed by atoms with Crippen LogP contribution < -0.4 is 0 Å². The lowest BCUT2D eigenvalue weighted by Gasteiger charge is -2.41. The summed E-state index contributed by atoms with van der Waals surface area (Å²) in [4.78, 5) is 11.7. The molecule has 1 saturated carbocycles. The number of rotatable bonds is 3. The lowest BCUT2D eigenvalue weighted by molar-refractivity contribution is -0.223. The molecule has 2 rings (SSSR count). The van der Waals surface area contributed by atoms with E-state index in [1.54, 1.807) is 0 Å². The second-order valence-electron chi connectivity index (χ2n) is 4.73. The highest BCUT2D eigenvalue weighted by atomic mass is 19.3. The molecule has 1 unspecified atom stereocenters. The number of halogens is 2. The van der Waals surface area contributed by atoms with Crippen LogP contribution in [0.25, 0.3) is 0 Å². The molecule has 5 heteroatoms. The smallest absolute Gasteiger partial charge is 0.318 e. The van der Waals surface area contributed by atoms with E-state index >= 15 is 0 Å². The van der Waals surface area contributed by atoms with E-state index in [1.165, 1.54) is 7.11 Å². The average molecular weight is 234 g/mol. The molecule has 2 fully saturated rings. The molecule has 16 heavy (non-hydrogen) atoms. The highest BCUT2D eigenvalue weighted by molar-refractivity contribution is 5.78. The molecule has 0 aromatic rings. The molecule has 1 aliphatic carbocycles. The monoisotopic (exact) mass is 234 g/mol. The first kappa shape index (κ1) is 11.8. The number of hydrogen-bond acceptors (Lipinski definition) is 3. The maximum atomic E-state index is 13.9. The van der Waals surface area contributed by atoms with Gasteiger partial charge < -0.3 is 9.47 Å². The van der Waals surface area contributed by atoms with Crippen molar-refractivity contribution in [2.75, 3.05) is 20.3 Å². The maximum Gasteiger partial charge on any atom is 0.318 e. The average Bonchev–Trinajstić information content (AvgIpc) is 3.04. The Bertz CT molecular complexity index is 289. The first-order chi connectivity index (χ1) is 7.52. The van der Waals surface area contributed by atoms with Gasteiger partial charge in [0.2, 0.25) is 0 Å². The second-order valence-corrected chi connectivity index (χ2v) is 4.73. The molecule has 0 amide bonds. The number of carbonyl (C=O) groups is 1. The number of carbonyl (C=O) groups excluding carboxylic acids is 1. The van der Waals surface area contributed by atoms with Crippen LogP contribution in [0.2, 0.25) is 0 Å². The number of methoxy groups -OCH3 is 1. The van der Waals surface area contributed by atoms with Crippen molar-refractivity contribution in [3.8, 4) is 0 Å². The fourth-order valence-corrected chi connectivity index (χ4v) is 2.36. The van der Waals surface area contributed by atoms with Crippen LogP contribution in [0.5, 0.6) is 0 Å². The topological polar surface area (TPSA) is 35.5 Å². The second kappa shape index (κ2) is 3.95. The van der Waals surface area contributed by atoms with Gasteiger partial charge in [-0.25, -0.2) is 8.78 Å². The molecule has 2 aliphatic rings. The fraction of sp³-hybridized carbons (Fsp3) is 0.909. The van der Waals surface area contributed by atoms with Crippen LogP contribution in [0.3, 0.4) is 0 Å². The summed E-state index contributed by atoms with van der Waals surface area (Å²) in [7, 11) is 1.17. The highest BCUT2D eigenvalue weighted by Crippen LogP contribution is 2.52. The normalized spacial score (nSPS) is 33.4. The summed E-state index contributed by atoms with van der Waals surface area (Å²) in [5, 5.41) is 0. The molecule has 0 bridgehead atoms. The molecule has 0 aromatic heterocycles. The first-order valence-electron chi connectivity index (χ1n) is 5.56. The Labute approximate surface area is 93.1 Å². The van der Waals surface area contributed by atoms with Crippen molar-refractivity contribution in [3.05, 3.63) is 0 Å². The Kier molecular flexibility index (Phi) is 2.90. The molecule has 0 radical (unpaired) electrons. The maximum absolute atomic E-state index is 13.9. The van der Waals surface area contributed by atoms with Gasteiger partial charge in [0.25, 0.3) is 5.92 Å². The van der Waals surface area contributed by atoms with Gasteiger partial charge in [0.15, 0.2) is 0 Å². The van der Waals surface area contributed by atoms with Crippen molar-refractivity contribution in [2.24, 2.45) is 11.3 Å². The van der Waals surface area contributed by atoms with Crippen LogP contribution in [-0.2, 0) is 14.3 Å². The van der Waals surface area contributed by atoms with Crippen molar-refractivity contribution in [1.29, 1.82) is 0 Å². The lowest BCUT2D eigenvalue weighted by atomic mass is 9.73. The van der Waals surface area contributed by atoms with Crippen molar-refractivity contribution in [1.82, 2.24) is 0 Å². The van der Waals surface area contributed by atoms with Gasteiger partial charge >= 0.3 is 5.97 Å². The van der Waals surface area contributed by atoms with Gasteiger partial charge in [0, 0.05) is 6.61 Å². The molecule has 1 saturated heterocycles. The van der Waals surface area contributed by atoms with Crippen molar-refractivity contribution < 1.29 is 23.0 Å². The van der Waals surface area contributed by atoms with Crippen LogP contribution >= 0.6 is 0 Å². The minimum absolute atomic E-state index is 0.0587. The highest BCUT2D eigenvalue weighted by Gasteiger charge is 2.62. The van der Waals surface area contributed by atoms with Gasteiger partial charge in [-0.1, -0.05) is 12.8 Å². The summed E-state index contributed by atoms with van der Waals surface area (Å²) in [5.74, 6) is -3.64. The van der Waals surface area contributed by atoms with Crippen LogP contribution in [-0.4, -0.2) is 32.2 Å². The number of ether oxygens (including phenoxy) is 2. The van der Waals surface area contributed by atoms with E-state index in [2.05, 4.69) is 4.74 Å². The fourth-order valence-electron chi connectivity index (χ4n) is 2.36. The largest absolute Gasteiger partial charge is 0.468 e. The summed E-state index contributed by atoms with van der Waals surface area (Å²) >= 11 is 0. The van der Waals surface area contributed by atoms with Gasteiger partial charge in [-0.15, -0.1) is 0 Å². The number of hydrogen-bond donors (Lipinski definition) is 0. The van der Waals surface area contributed by atoms with Crippen LogP contribution in [0, 0.1) is 11.3 Å². The third-order valence-corrected chi connectivity index (χ3v) is 3.57. The van der Waals surface area contributed by atoms with Gasteiger partial charge in [-0.05, 0) is 18.8 Å². The molecule has 0 N–H and O–H groups in total. The van der Waals surface area contributed by atoms with E-state index in [4.69, 9.17) is 4.74 Å². The molecule has 1 atom stereocenters. The Hall–Kier alpha value is -0.710. The Morgan fingerprint density at radius 3 is 2.69 bits per heavy atom. The van der Waals surface area contributed by atoms with Crippen molar-refractivity contribution in [3.63, 3.8) is 0 Å². The third-order valence-electron chi connectivity index (χ3n) is 3.57. The zero-order valence-electron chi connectivity index (χ0n) is 9.30. The number of alkyl halides is 2. The van der Waals surface area contributed by atoms with E-state index in [0.717, 1.165) is 12.8 Å². The molecule has 3 nitrogen and oxygen atoms in total. The first-order valence-corrected chi connectivity index (χ1v) is 5.56. The van der Waals surface area contributed by atoms with E-state index < -0.39 is 23.9 Å². The Morgan fingerprint density at radius 1 is 1.50 bits per heavy atom. The van der Waals surface area contributed by atoms with E-state index in [9.17, 15) is 13.6 Å². The Morgan fingerprint density at radius 2 is 2.19 bits per heavy atom. The van der Waals surface area contributed by atoms with E-state index in [-0.39, 0.29) is 25.4 Å². The van der Waals surface area contributed by atoms with E-state index in [1.807, 2.05) is 0 Å².